The second-order valence-corrected chi connectivity index (χ2v) is 5.04. The van der Waals surface area contributed by atoms with Crippen LogP contribution in [-0.4, -0.2) is 25.6 Å². The Morgan fingerprint density at radius 1 is 1.44 bits per heavy atom. The summed E-state index contributed by atoms with van der Waals surface area (Å²) in [6.07, 6.45) is 2.29. The van der Waals surface area contributed by atoms with Crippen LogP contribution in [0.3, 0.4) is 0 Å². The van der Waals surface area contributed by atoms with Crippen LogP contribution in [0.1, 0.15) is 29.6 Å². The van der Waals surface area contributed by atoms with E-state index in [0.29, 0.717) is 27.8 Å². The Morgan fingerprint density at radius 2 is 2.22 bits per heavy atom. The van der Waals surface area contributed by atoms with Crippen molar-refractivity contribution < 1.29 is 14.3 Å². The van der Waals surface area contributed by atoms with Crippen LogP contribution >= 0.6 is 23.2 Å². The maximum absolute atomic E-state index is 12.1. The molecule has 1 aromatic carbocycles. The highest BCUT2D eigenvalue weighted by Gasteiger charge is 2.22. The van der Waals surface area contributed by atoms with E-state index in [1.807, 2.05) is 0 Å². The van der Waals surface area contributed by atoms with E-state index in [1.54, 1.807) is 12.1 Å². The van der Waals surface area contributed by atoms with Gasteiger partial charge in [-0.2, -0.15) is 0 Å². The van der Waals surface area contributed by atoms with Crippen LogP contribution in [0.5, 0.6) is 5.75 Å². The van der Waals surface area contributed by atoms with Crippen LogP contribution < -0.4 is 4.74 Å². The third-order valence-corrected chi connectivity index (χ3v) is 3.59. The summed E-state index contributed by atoms with van der Waals surface area (Å²) >= 11 is 12.1. The van der Waals surface area contributed by atoms with Crippen molar-refractivity contribution in [3.05, 3.63) is 27.7 Å². The predicted octanol–water partition coefficient (Wildman–Crippen LogP) is 3.75. The Balaban J connectivity index is 2.16. The van der Waals surface area contributed by atoms with Gasteiger partial charge in [-0.25, -0.2) is 0 Å². The highest BCUT2D eigenvalue weighted by Crippen LogP contribution is 2.32. The first kappa shape index (κ1) is 13.7. The van der Waals surface area contributed by atoms with Crippen molar-refractivity contribution in [2.75, 3.05) is 13.7 Å². The third-order valence-electron chi connectivity index (χ3n) is 2.98. The average molecular weight is 289 g/mol. The molecule has 0 N–H and O–H groups in total. The maximum Gasteiger partial charge on any atom is 0.167 e. The van der Waals surface area contributed by atoms with E-state index in [1.165, 1.54) is 7.11 Å². The van der Waals surface area contributed by atoms with Gasteiger partial charge in [-0.15, -0.1) is 0 Å². The number of ether oxygens (including phenoxy) is 2. The molecular weight excluding hydrogens is 275 g/mol. The molecule has 98 valence electrons. The van der Waals surface area contributed by atoms with Crippen molar-refractivity contribution in [3.63, 3.8) is 0 Å². The Morgan fingerprint density at radius 3 is 2.83 bits per heavy atom. The van der Waals surface area contributed by atoms with Crippen LogP contribution in [-0.2, 0) is 4.74 Å². The van der Waals surface area contributed by atoms with E-state index in [0.717, 1.165) is 19.4 Å². The van der Waals surface area contributed by atoms with Crippen molar-refractivity contribution in [1.29, 1.82) is 0 Å². The molecule has 0 amide bonds. The van der Waals surface area contributed by atoms with Gasteiger partial charge in [0.2, 0.25) is 0 Å². The van der Waals surface area contributed by atoms with Crippen LogP contribution in [0.15, 0.2) is 12.1 Å². The standard InChI is InChI=1S/C13H14Cl2O3/c1-17-13-7-10(14)9(6-11(13)15)12(16)5-8-3-2-4-18-8/h6-8H,2-5H2,1H3. The van der Waals surface area contributed by atoms with Crippen molar-refractivity contribution in [2.45, 2.75) is 25.4 Å². The zero-order valence-corrected chi connectivity index (χ0v) is 11.6. The van der Waals surface area contributed by atoms with Gasteiger partial charge < -0.3 is 9.47 Å². The van der Waals surface area contributed by atoms with Gasteiger partial charge in [0.05, 0.1) is 23.3 Å². The number of carbonyl (C=O) groups is 1. The molecule has 0 aliphatic carbocycles. The molecule has 1 aromatic rings. The van der Waals surface area contributed by atoms with E-state index in [2.05, 4.69) is 0 Å². The Hall–Kier alpha value is -0.770. The number of methoxy groups -OCH3 is 1. The second kappa shape index (κ2) is 5.91. The predicted molar refractivity (Wildman–Crippen MR) is 70.9 cm³/mol. The van der Waals surface area contributed by atoms with Gasteiger partial charge in [-0.3, -0.25) is 4.79 Å². The minimum atomic E-state index is -0.0450. The topological polar surface area (TPSA) is 35.5 Å². The van der Waals surface area contributed by atoms with Gasteiger partial charge in [0.25, 0.3) is 0 Å². The minimum absolute atomic E-state index is 0.00874. The normalized spacial score (nSPS) is 18.9. The zero-order chi connectivity index (χ0) is 13.1. The molecule has 1 aliphatic rings. The molecule has 1 atom stereocenters. The summed E-state index contributed by atoms with van der Waals surface area (Å²) in [5, 5.41) is 0.747. The summed E-state index contributed by atoms with van der Waals surface area (Å²) < 4.78 is 10.5. The van der Waals surface area contributed by atoms with Gasteiger partial charge in [-0.1, -0.05) is 23.2 Å². The Labute approximate surface area is 116 Å². The van der Waals surface area contributed by atoms with Crippen LogP contribution in [0.25, 0.3) is 0 Å². The minimum Gasteiger partial charge on any atom is -0.495 e. The Bertz CT molecular complexity index is 454. The van der Waals surface area contributed by atoms with Gasteiger partial charge in [0.15, 0.2) is 5.78 Å². The van der Waals surface area contributed by atoms with Gasteiger partial charge in [-0.05, 0) is 18.9 Å². The molecule has 1 unspecified atom stereocenters. The lowest BCUT2D eigenvalue weighted by atomic mass is 10.0. The smallest absolute Gasteiger partial charge is 0.167 e. The summed E-state index contributed by atoms with van der Waals surface area (Å²) in [7, 11) is 1.51. The molecule has 0 saturated carbocycles. The van der Waals surface area contributed by atoms with Crippen LogP contribution in [0, 0.1) is 0 Å². The van der Waals surface area contributed by atoms with Crippen molar-refractivity contribution >= 4 is 29.0 Å². The fourth-order valence-electron chi connectivity index (χ4n) is 2.02. The van der Waals surface area contributed by atoms with Crippen LogP contribution in [0.4, 0.5) is 0 Å². The summed E-state index contributed by atoms with van der Waals surface area (Å²) in [6.45, 7) is 0.731. The molecule has 0 spiro atoms. The van der Waals surface area contributed by atoms with E-state index < -0.39 is 0 Å². The third kappa shape index (κ3) is 2.97. The molecule has 1 heterocycles. The first-order valence-corrected chi connectivity index (χ1v) is 6.55. The van der Waals surface area contributed by atoms with Crippen molar-refractivity contribution in [1.82, 2.24) is 0 Å². The lowest BCUT2D eigenvalue weighted by molar-refractivity contribution is 0.0775. The molecule has 1 saturated heterocycles. The number of carbonyl (C=O) groups excluding carboxylic acids is 1. The van der Waals surface area contributed by atoms with E-state index in [9.17, 15) is 4.79 Å². The fourth-order valence-corrected chi connectivity index (χ4v) is 2.52. The summed E-state index contributed by atoms with van der Waals surface area (Å²) in [6, 6.07) is 3.12. The number of rotatable bonds is 4. The molecule has 1 fully saturated rings. The van der Waals surface area contributed by atoms with Gasteiger partial charge in [0, 0.05) is 24.7 Å². The highest BCUT2D eigenvalue weighted by atomic mass is 35.5. The fraction of sp³-hybridized carbons (Fsp3) is 0.462. The van der Waals surface area contributed by atoms with E-state index in [4.69, 9.17) is 32.7 Å². The number of hydrogen-bond acceptors (Lipinski definition) is 3. The number of hydrogen-bond donors (Lipinski definition) is 0. The Kier molecular flexibility index (Phi) is 4.49. The highest BCUT2D eigenvalue weighted by molar-refractivity contribution is 6.36. The summed E-state index contributed by atoms with van der Waals surface area (Å²) in [5.74, 6) is 0.423. The summed E-state index contributed by atoms with van der Waals surface area (Å²) in [4.78, 5) is 12.1. The molecule has 3 nitrogen and oxygen atoms in total. The van der Waals surface area contributed by atoms with E-state index >= 15 is 0 Å². The van der Waals surface area contributed by atoms with Crippen molar-refractivity contribution in [2.24, 2.45) is 0 Å². The lowest BCUT2D eigenvalue weighted by Crippen LogP contribution is -2.13. The van der Waals surface area contributed by atoms with Crippen LogP contribution in [0.2, 0.25) is 10.0 Å². The molecule has 2 rings (SSSR count). The molecule has 5 heteroatoms. The molecule has 0 bridgehead atoms. The molecule has 0 radical (unpaired) electrons. The number of benzene rings is 1. The largest absolute Gasteiger partial charge is 0.495 e. The number of Topliss-reactive ketones (excluding diaryl/α,β-unsaturated/α-hetero) is 1. The van der Waals surface area contributed by atoms with Crippen molar-refractivity contribution in [3.8, 4) is 5.75 Å². The van der Waals surface area contributed by atoms with Gasteiger partial charge >= 0.3 is 0 Å². The molecular formula is C13H14Cl2O3. The molecule has 1 aliphatic heterocycles. The number of ketones is 1. The number of halogens is 2. The first-order valence-electron chi connectivity index (χ1n) is 5.79. The second-order valence-electron chi connectivity index (χ2n) is 4.23. The summed E-state index contributed by atoms with van der Waals surface area (Å²) in [5.41, 5.74) is 0.429. The first-order chi connectivity index (χ1) is 8.61. The monoisotopic (exact) mass is 288 g/mol. The van der Waals surface area contributed by atoms with E-state index in [-0.39, 0.29) is 11.9 Å². The zero-order valence-electron chi connectivity index (χ0n) is 10.0. The maximum atomic E-state index is 12.1. The molecule has 0 aromatic heterocycles. The molecule has 18 heavy (non-hydrogen) atoms. The average Bonchev–Trinajstić information content (AvgIpc) is 2.84. The SMILES string of the molecule is COc1cc(Cl)c(C(=O)CC2CCCO2)cc1Cl. The van der Waals surface area contributed by atoms with Gasteiger partial charge in [0.1, 0.15) is 5.75 Å². The quantitative estimate of drug-likeness (QED) is 0.792. The lowest BCUT2D eigenvalue weighted by Gasteiger charge is -2.11.